The Morgan fingerprint density at radius 2 is 2.22 bits per heavy atom. The lowest BCUT2D eigenvalue weighted by Gasteiger charge is -2.08. The van der Waals surface area contributed by atoms with Crippen molar-refractivity contribution in [3.8, 4) is 0 Å². The van der Waals surface area contributed by atoms with Gasteiger partial charge in [-0.3, -0.25) is 0 Å². The SMILES string of the molecule is CCCOC(C)CC[O]. The highest BCUT2D eigenvalue weighted by atomic mass is 16.5. The zero-order chi connectivity index (χ0) is 7.11. The molecule has 0 aliphatic heterocycles. The van der Waals surface area contributed by atoms with Crippen molar-refractivity contribution in [1.82, 2.24) is 0 Å². The highest BCUT2D eigenvalue weighted by Gasteiger charge is 1.98. The van der Waals surface area contributed by atoms with Gasteiger partial charge in [0.25, 0.3) is 0 Å². The molecule has 0 amide bonds. The van der Waals surface area contributed by atoms with Gasteiger partial charge in [0.15, 0.2) is 0 Å². The second kappa shape index (κ2) is 6.05. The van der Waals surface area contributed by atoms with E-state index in [1.165, 1.54) is 0 Å². The Morgan fingerprint density at radius 3 is 2.67 bits per heavy atom. The molecule has 1 unspecified atom stereocenters. The number of hydrogen-bond acceptors (Lipinski definition) is 1. The van der Waals surface area contributed by atoms with E-state index >= 15 is 0 Å². The molecule has 0 fully saturated rings. The lowest BCUT2D eigenvalue weighted by atomic mass is 10.3. The van der Waals surface area contributed by atoms with Crippen LogP contribution in [0.4, 0.5) is 0 Å². The van der Waals surface area contributed by atoms with E-state index in [-0.39, 0.29) is 12.7 Å². The lowest BCUT2D eigenvalue weighted by Crippen LogP contribution is -2.09. The summed E-state index contributed by atoms with van der Waals surface area (Å²) in [5.41, 5.74) is 0. The predicted molar refractivity (Wildman–Crippen MR) is 35.9 cm³/mol. The van der Waals surface area contributed by atoms with E-state index in [0.29, 0.717) is 6.42 Å². The van der Waals surface area contributed by atoms with Crippen molar-refractivity contribution in [3.05, 3.63) is 0 Å². The van der Waals surface area contributed by atoms with Gasteiger partial charge in [-0.15, -0.1) is 0 Å². The van der Waals surface area contributed by atoms with E-state index in [4.69, 9.17) is 4.74 Å². The summed E-state index contributed by atoms with van der Waals surface area (Å²) in [5.74, 6) is 0. The molecular formula is C7H15O2. The summed E-state index contributed by atoms with van der Waals surface area (Å²) in [4.78, 5) is 0. The van der Waals surface area contributed by atoms with Gasteiger partial charge < -0.3 is 4.74 Å². The Balaban J connectivity index is 2.95. The molecule has 0 heterocycles. The highest BCUT2D eigenvalue weighted by Crippen LogP contribution is 1.96. The van der Waals surface area contributed by atoms with Gasteiger partial charge in [-0.2, -0.15) is 0 Å². The van der Waals surface area contributed by atoms with Crippen LogP contribution in [0.2, 0.25) is 0 Å². The predicted octanol–water partition coefficient (Wildman–Crippen LogP) is 1.62. The average Bonchev–Trinajstić information content (AvgIpc) is 1.85. The maximum atomic E-state index is 10.0. The Bertz CT molecular complexity index is 54.9. The molecule has 55 valence electrons. The second-order valence-electron chi connectivity index (χ2n) is 2.17. The molecule has 0 saturated heterocycles. The van der Waals surface area contributed by atoms with Crippen LogP contribution in [0.5, 0.6) is 0 Å². The largest absolute Gasteiger partial charge is 0.378 e. The quantitative estimate of drug-likeness (QED) is 0.557. The van der Waals surface area contributed by atoms with E-state index in [2.05, 4.69) is 6.92 Å². The molecule has 9 heavy (non-hydrogen) atoms. The normalized spacial score (nSPS) is 13.7. The molecule has 0 N–H and O–H groups in total. The Hall–Kier alpha value is -0.0800. The average molecular weight is 131 g/mol. The third-order valence-electron chi connectivity index (χ3n) is 1.13. The summed E-state index contributed by atoms with van der Waals surface area (Å²) in [6.45, 7) is 4.75. The maximum absolute atomic E-state index is 10.0. The van der Waals surface area contributed by atoms with E-state index in [1.54, 1.807) is 0 Å². The zero-order valence-corrected chi connectivity index (χ0v) is 6.22. The van der Waals surface area contributed by atoms with Crippen LogP contribution >= 0.6 is 0 Å². The lowest BCUT2D eigenvalue weighted by molar-refractivity contribution is 0.0384. The third-order valence-corrected chi connectivity index (χ3v) is 1.13. The van der Waals surface area contributed by atoms with Crippen LogP contribution in [0.25, 0.3) is 0 Å². The summed E-state index contributed by atoms with van der Waals surface area (Å²) >= 11 is 0. The topological polar surface area (TPSA) is 29.1 Å². The second-order valence-corrected chi connectivity index (χ2v) is 2.17. The fraction of sp³-hybridized carbons (Fsp3) is 1.00. The minimum absolute atomic E-state index is 0.0229. The Labute approximate surface area is 56.8 Å². The first kappa shape index (κ1) is 8.92. The van der Waals surface area contributed by atoms with Crippen LogP contribution in [0.1, 0.15) is 26.7 Å². The maximum Gasteiger partial charge on any atom is 0.0846 e. The summed E-state index contributed by atoms with van der Waals surface area (Å²) in [6.07, 6.45) is 1.82. The van der Waals surface area contributed by atoms with Crippen LogP contribution in [0.3, 0.4) is 0 Å². The Kier molecular flexibility index (Phi) is 5.99. The van der Waals surface area contributed by atoms with Gasteiger partial charge in [0.2, 0.25) is 0 Å². The molecule has 0 aliphatic rings. The molecule has 0 saturated carbocycles. The molecule has 2 heteroatoms. The van der Waals surface area contributed by atoms with Crippen molar-refractivity contribution >= 4 is 0 Å². The molecule has 0 spiro atoms. The molecule has 0 aliphatic carbocycles. The highest BCUT2D eigenvalue weighted by molar-refractivity contribution is 4.46. The van der Waals surface area contributed by atoms with E-state index in [0.717, 1.165) is 13.0 Å². The smallest absolute Gasteiger partial charge is 0.0846 e. The summed E-state index contributed by atoms with van der Waals surface area (Å²) < 4.78 is 5.23. The van der Waals surface area contributed by atoms with Gasteiger partial charge in [0, 0.05) is 6.61 Å². The van der Waals surface area contributed by atoms with E-state index in [9.17, 15) is 5.11 Å². The van der Waals surface area contributed by atoms with Crippen LogP contribution < -0.4 is 0 Å². The number of ether oxygens (including phenoxy) is 1. The van der Waals surface area contributed by atoms with Crippen molar-refractivity contribution in [2.75, 3.05) is 13.2 Å². The number of rotatable bonds is 5. The molecule has 0 rings (SSSR count). The molecule has 0 aromatic carbocycles. The van der Waals surface area contributed by atoms with Gasteiger partial charge in [-0.05, 0) is 19.8 Å². The monoisotopic (exact) mass is 131 g/mol. The fourth-order valence-corrected chi connectivity index (χ4v) is 0.568. The van der Waals surface area contributed by atoms with Gasteiger partial charge in [-0.25, -0.2) is 5.11 Å². The Morgan fingerprint density at radius 1 is 1.56 bits per heavy atom. The molecule has 2 nitrogen and oxygen atoms in total. The molecule has 0 aromatic rings. The summed E-state index contributed by atoms with van der Waals surface area (Å²) in [7, 11) is 0. The van der Waals surface area contributed by atoms with Crippen molar-refractivity contribution in [3.63, 3.8) is 0 Å². The molecular weight excluding hydrogens is 116 g/mol. The van der Waals surface area contributed by atoms with Crippen LogP contribution in [-0.4, -0.2) is 19.3 Å². The van der Waals surface area contributed by atoms with Gasteiger partial charge in [-0.1, -0.05) is 6.92 Å². The molecule has 0 bridgehead atoms. The number of hydrogen-bond donors (Lipinski definition) is 0. The fourth-order valence-electron chi connectivity index (χ4n) is 0.568. The first-order valence-electron chi connectivity index (χ1n) is 3.51. The van der Waals surface area contributed by atoms with Gasteiger partial charge in [0.05, 0.1) is 12.7 Å². The van der Waals surface area contributed by atoms with Crippen LogP contribution in [0.15, 0.2) is 0 Å². The first-order chi connectivity index (χ1) is 4.31. The first-order valence-corrected chi connectivity index (χ1v) is 3.51. The summed E-state index contributed by atoms with van der Waals surface area (Å²) in [6, 6.07) is 0. The third kappa shape index (κ3) is 5.80. The summed E-state index contributed by atoms with van der Waals surface area (Å²) in [5, 5.41) is 10.0. The van der Waals surface area contributed by atoms with E-state index in [1.807, 2.05) is 6.92 Å². The standard InChI is InChI=1S/C7H15O2/c1-3-6-9-7(2)4-5-8/h7H,3-6H2,1-2H3. The van der Waals surface area contributed by atoms with Crippen molar-refractivity contribution in [2.45, 2.75) is 32.8 Å². The van der Waals surface area contributed by atoms with Crippen molar-refractivity contribution in [2.24, 2.45) is 0 Å². The zero-order valence-electron chi connectivity index (χ0n) is 6.22. The van der Waals surface area contributed by atoms with Crippen LogP contribution in [0, 0.1) is 0 Å². The van der Waals surface area contributed by atoms with Crippen molar-refractivity contribution < 1.29 is 9.84 Å². The molecule has 1 atom stereocenters. The van der Waals surface area contributed by atoms with Gasteiger partial charge >= 0.3 is 0 Å². The van der Waals surface area contributed by atoms with E-state index < -0.39 is 0 Å². The molecule has 1 radical (unpaired) electrons. The van der Waals surface area contributed by atoms with Gasteiger partial charge in [0.1, 0.15) is 0 Å². The molecule has 0 aromatic heterocycles. The van der Waals surface area contributed by atoms with Crippen LogP contribution in [-0.2, 0) is 9.84 Å². The van der Waals surface area contributed by atoms with Crippen molar-refractivity contribution in [1.29, 1.82) is 0 Å². The minimum atomic E-state index is -0.0229. The minimum Gasteiger partial charge on any atom is -0.378 e.